The molecule has 0 amide bonds. The molecule has 0 saturated carbocycles. The van der Waals surface area contributed by atoms with Gasteiger partial charge in [-0.3, -0.25) is 4.79 Å². The smallest absolute Gasteiger partial charge is 0.308 e. The molecule has 1 N–H and O–H groups in total. The molecule has 0 fully saturated rings. The Bertz CT molecular complexity index is 627. The van der Waals surface area contributed by atoms with Gasteiger partial charge in [0.2, 0.25) is 0 Å². The summed E-state index contributed by atoms with van der Waals surface area (Å²) >= 11 is 2.22. The predicted octanol–water partition coefficient (Wildman–Crippen LogP) is 2.69. The van der Waals surface area contributed by atoms with Crippen LogP contribution in [0.1, 0.15) is 20.3 Å². The Labute approximate surface area is 136 Å². The van der Waals surface area contributed by atoms with Crippen molar-refractivity contribution in [3.05, 3.63) is 27.8 Å². The number of carbonyl (C=O) groups is 1. The summed E-state index contributed by atoms with van der Waals surface area (Å²) < 4.78 is 2.61. The lowest BCUT2D eigenvalue weighted by Crippen LogP contribution is -2.23. The minimum atomic E-state index is -0.812. The van der Waals surface area contributed by atoms with Gasteiger partial charge in [-0.1, -0.05) is 32.0 Å². The number of benzene rings is 1. The Hall–Kier alpha value is -1.51. The second kappa shape index (κ2) is 6.97. The van der Waals surface area contributed by atoms with Gasteiger partial charge in [0.25, 0.3) is 0 Å². The zero-order valence-electron chi connectivity index (χ0n) is 11.9. The number of rotatable bonds is 6. The number of halogens is 1. The maximum absolute atomic E-state index is 11.4. The van der Waals surface area contributed by atoms with E-state index < -0.39 is 11.9 Å². The van der Waals surface area contributed by atoms with Crippen LogP contribution in [0.4, 0.5) is 0 Å². The first-order chi connectivity index (χ1) is 9.99. The van der Waals surface area contributed by atoms with Gasteiger partial charge in [-0.15, -0.1) is 5.10 Å². The first-order valence-electron chi connectivity index (χ1n) is 6.73. The van der Waals surface area contributed by atoms with Crippen LogP contribution in [0.3, 0.4) is 0 Å². The normalized spacial score (nSPS) is 12.6. The number of aromatic nitrogens is 4. The van der Waals surface area contributed by atoms with Gasteiger partial charge in [-0.25, -0.2) is 4.68 Å². The predicted molar refractivity (Wildman–Crippen MR) is 86.6 cm³/mol. The van der Waals surface area contributed by atoms with E-state index in [1.54, 1.807) is 4.68 Å². The van der Waals surface area contributed by atoms with E-state index in [0.717, 1.165) is 9.13 Å². The molecule has 2 rings (SSSR count). The molecule has 1 unspecified atom stereocenters. The Balaban J connectivity index is 2.28. The van der Waals surface area contributed by atoms with Gasteiger partial charge in [0, 0.05) is 9.13 Å². The van der Waals surface area contributed by atoms with Gasteiger partial charge in [0.05, 0.1) is 12.5 Å². The SMILES string of the molecule is CC(C)CC(Cn1nnnc1-c1ccccc1I)C(=O)O. The molecule has 112 valence electrons. The summed E-state index contributed by atoms with van der Waals surface area (Å²) in [7, 11) is 0. The molecular formula is C14H17IN4O2. The second-order valence-electron chi connectivity index (χ2n) is 5.33. The van der Waals surface area contributed by atoms with Crippen LogP contribution in [0.2, 0.25) is 0 Å². The summed E-state index contributed by atoms with van der Waals surface area (Å²) in [4.78, 5) is 11.4. The van der Waals surface area contributed by atoms with Gasteiger partial charge in [-0.2, -0.15) is 0 Å². The lowest BCUT2D eigenvalue weighted by atomic mass is 9.97. The van der Waals surface area contributed by atoms with Crippen LogP contribution in [0.15, 0.2) is 24.3 Å². The van der Waals surface area contributed by atoms with Crippen LogP contribution in [-0.4, -0.2) is 31.3 Å². The summed E-state index contributed by atoms with van der Waals surface area (Å²) in [5, 5.41) is 21.0. The van der Waals surface area contributed by atoms with Crippen LogP contribution < -0.4 is 0 Å². The third kappa shape index (κ3) is 3.99. The van der Waals surface area contributed by atoms with Crippen molar-refractivity contribution >= 4 is 28.6 Å². The van der Waals surface area contributed by atoms with Gasteiger partial charge < -0.3 is 5.11 Å². The van der Waals surface area contributed by atoms with Gasteiger partial charge in [0.15, 0.2) is 5.82 Å². The fraction of sp³-hybridized carbons (Fsp3) is 0.429. The number of nitrogens with zero attached hydrogens (tertiary/aromatic N) is 4. The van der Waals surface area contributed by atoms with Crippen LogP contribution in [-0.2, 0) is 11.3 Å². The van der Waals surface area contributed by atoms with Crippen molar-refractivity contribution in [2.45, 2.75) is 26.8 Å². The molecule has 1 aromatic heterocycles. The molecule has 7 heteroatoms. The number of tetrazole rings is 1. The number of carboxylic acids is 1. The standard InChI is InChI=1S/C14H17IN4O2/c1-9(2)7-10(14(20)21)8-19-13(16-17-18-19)11-5-3-4-6-12(11)15/h3-6,9-10H,7-8H2,1-2H3,(H,20,21). The molecule has 1 atom stereocenters. The average molecular weight is 400 g/mol. The molecular weight excluding hydrogens is 383 g/mol. The molecule has 6 nitrogen and oxygen atoms in total. The van der Waals surface area contributed by atoms with Gasteiger partial charge >= 0.3 is 5.97 Å². The van der Waals surface area contributed by atoms with Crippen LogP contribution >= 0.6 is 22.6 Å². The topological polar surface area (TPSA) is 80.9 Å². The van der Waals surface area contributed by atoms with Crippen molar-refractivity contribution in [2.75, 3.05) is 0 Å². The first-order valence-corrected chi connectivity index (χ1v) is 7.80. The maximum Gasteiger partial charge on any atom is 0.308 e. The second-order valence-corrected chi connectivity index (χ2v) is 6.49. The first kappa shape index (κ1) is 15.9. The summed E-state index contributed by atoms with van der Waals surface area (Å²) in [6.45, 7) is 4.30. The van der Waals surface area contributed by atoms with E-state index in [4.69, 9.17) is 0 Å². The van der Waals surface area contributed by atoms with Crippen molar-refractivity contribution < 1.29 is 9.90 Å². The lowest BCUT2D eigenvalue weighted by Gasteiger charge is -2.15. The zero-order valence-corrected chi connectivity index (χ0v) is 14.1. The summed E-state index contributed by atoms with van der Waals surface area (Å²) in [5.74, 6) is -0.389. The van der Waals surface area contributed by atoms with Crippen LogP contribution in [0.5, 0.6) is 0 Å². The third-order valence-electron chi connectivity index (χ3n) is 3.15. The zero-order chi connectivity index (χ0) is 15.4. The summed E-state index contributed by atoms with van der Waals surface area (Å²) in [6, 6.07) is 7.76. The highest BCUT2D eigenvalue weighted by atomic mass is 127. The van der Waals surface area contributed by atoms with E-state index in [9.17, 15) is 9.90 Å². The molecule has 0 spiro atoms. The maximum atomic E-state index is 11.4. The number of hydrogen-bond donors (Lipinski definition) is 1. The van der Waals surface area contributed by atoms with Crippen LogP contribution in [0, 0.1) is 15.4 Å². The third-order valence-corrected chi connectivity index (χ3v) is 4.09. The molecule has 1 aromatic carbocycles. The molecule has 0 aliphatic carbocycles. The van der Waals surface area contributed by atoms with E-state index >= 15 is 0 Å². The van der Waals surface area contributed by atoms with Crippen molar-refractivity contribution in [3.8, 4) is 11.4 Å². The highest BCUT2D eigenvalue weighted by Gasteiger charge is 2.22. The molecule has 0 radical (unpaired) electrons. The molecule has 1 heterocycles. The van der Waals surface area contributed by atoms with E-state index in [-0.39, 0.29) is 6.54 Å². The molecule has 0 aliphatic rings. The molecule has 21 heavy (non-hydrogen) atoms. The van der Waals surface area contributed by atoms with E-state index in [1.165, 1.54) is 0 Å². The Morgan fingerprint density at radius 2 is 2.10 bits per heavy atom. The van der Waals surface area contributed by atoms with Crippen molar-refractivity contribution in [1.82, 2.24) is 20.2 Å². The minimum Gasteiger partial charge on any atom is -0.481 e. The quantitative estimate of drug-likeness (QED) is 0.755. The van der Waals surface area contributed by atoms with Crippen molar-refractivity contribution in [1.29, 1.82) is 0 Å². The van der Waals surface area contributed by atoms with E-state index in [1.807, 2.05) is 38.1 Å². The largest absolute Gasteiger partial charge is 0.481 e. The number of aliphatic carboxylic acids is 1. The Morgan fingerprint density at radius 3 is 2.71 bits per heavy atom. The fourth-order valence-corrected chi connectivity index (χ4v) is 2.82. The molecule has 0 bridgehead atoms. The van der Waals surface area contributed by atoms with Crippen molar-refractivity contribution in [2.24, 2.45) is 11.8 Å². The monoisotopic (exact) mass is 400 g/mol. The average Bonchev–Trinajstić information content (AvgIpc) is 2.86. The van der Waals surface area contributed by atoms with Crippen molar-refractivity contribution in [3.63, 3.8) is 0 Å². The van der Waals surface area contributed by atoms with Gasteiger partial charge in [0.1, 0.15) is 0 Å². The lowest BCUT2D eigenvalue weighted by molar-refractivity contribution is -0.142. The molecule has 0 aliphatic heterocycles. The number of hydrogen-bond acceptors (Lipinski definition) is 4. The highest BCUT2D eigenvalue weighted by molar-refractivity contribution is 14.1. The van der Waals surface area contributed by atoms with E-state index in [2.05, 4.69) is 38.1 Å². The number of carboxylic acid groups (broad SMARTS) is 1. The van der Waals surface area contributed by atoms with Crippen LogP contribution in [0.25, 0.3) is 11.4 Å². The minimum absolute atomic E-state index is 0.279. The molecule has 2 aromatic rings. The van der Waals surface area contributed by atoms with E-state index in [0.29, 0.717) is 18.2 Å². The fourth-order valence-electron chi connectivity index (χ4n) is 2.19. The summed E-state index contributed by atoms with van der Waals surface area (Å²) in [6.07, 6.45) is 0.598. The Kier molecular flexibility index (Phi) is 5.27. The Morgan fingerprint density at radius 1 is 1.38 bits per heavy atom. The highest BCUT2D eigenvalue weighted by Crippen LogP contribution is 2.23. The van der Waals surface area contributed by atoms with Gasteiger partial charge in [-0.05, 0) is 51.4 Å². The summed E-state index contributed by atoms with van der Waals surface area (Å²) in [5.41, 5.74) is 0.914. The molecule has 0 saturated heterocycles.